The topological polar surface area (TPSA) is 30.5 Å². The fraction of sp³-hybridized carbons (Fsp3) is 0.571. The molecule has 1 N–H and O–H groups in total. The molecular formula is C28H35BrClNO2. The molecule has 2 aromatic carbocycles. The SMILES string of the molecule is CCOc1cc(CNC23CC4CC(C)(CC(C)(C4)C2)C3)c(Br)cc1OCc1ccccc1Cl. The third-order valence-electron chi connectivity index (χ3n) is 8.03. The van der Waals surface area contributed by atoms with E-state index in [-0.39, 0.29) is 5.54 Å². The Balaban J connectivity index is 1.33. The van der Waals surface area contributed by atoms with Gasteiger partial charge in [-0.25, -0.2) is 0 Å². The van der Waals surface area contributed by atoms with Gasteiger partial charge in [0, 0.05) is 27.1 Å². The van der Waals surface area contributed by atoms with Gasteiger partial charge < -0.3 is 14.8 Å². The number of benzene rings is 2. The van der Waals surface area contributed by atoms with Crippen LogP contribution in [0, 0.1) is 16.7 Å². The van der Waals surface area contributed by atoms with Crippen LogP contribution in [-0.2, 0) is 13.2 Å². The minimum Gasteiger partial charge on any atom is -0.490 e. The van der Waals surface area contributed by atoms with E-state index in [1.807, 2.05) is 37.3 Å². The van der Waals surface area contributed by atoms with E-state index in [1.54, 1.807) is 0 Å². The van der Waals surface area contributed by atoms with E-state index in [4.69, 9.17) is 21.1 Å². The van der Waals surface area contributed by atoms with E-state index < -0.39 is 0 Å². The lowest BCUT2D eigenvalue weighted by Gasteiger charge is -2.65. The molecule has 4 saturated carbocycles. The summed E-state index contributed by atoms with van der Waals surface area (Å²) < 4.78 is 13.2. The molecule has 2 unspecified atom stereocenters. The maximum absolute atomic E-state index is 6.31. The van der Waals surface area contributed by atoms with Crippen molar-refractivity contribution in [1.29, 1.82) is 0 Å². The van der Waals surface area contributed by atoms with Crippen LogP contribution >= 0.6 is 27.5 Å². The Morgan fingerprint density at radius 1 is 0.970 bits per heavy atom. The predicted molar refractivity (Wildman–Crippen MR) is 138 cm³/mol. The quantitative estimate of drug-likeness (QED) is 0.374. The van der Waals surface area contributed by atoms with Gasteiger partial charge in [0.25, 0.3) is 0 Å². The van der Waals surface area contributed by atoms with Crippen molar-refractivity contribution in [3.63, 3.8) is 0 Å². The molecule has 4 aliphatic rings. The van der Waals surface area contributed by atoms with Crippen molar-refractivity contribution in [2.45, 2.75) is 78.0 Å². The highest BCUT2D eigenvalue weighted by molar-refractivity contribution is 9.10. The highest BCUT2D eigenvalue weighted by atomic mass is 79.9. The van der Waals surface area contributed by atoms with Crippen LogP contribution in [0.1, 0.15) is 70.4 Å². The van der Waals surface area contributed by atoms with Gasteiger partial charge in [-0.15, -0.1) is 0 Å². The summed E-state index contributed by atoms with van der Waals surface area (Å²) in [7, 11) is 0. The summed E-state index contributed by atoms with van der Waals surface area (Å²) in [5.41, 5.74) is 3.46. The monoisotopic (exact) mass is 531 g/mol. The zero-order valence-electron chi connectivity index (χ0n) is 20.0. The first-order valence-electron chi connectivity index (χ1n) is 12.3. The standard InChI is InChI=1S/C28H35BrClNO2/c1-4-32-24-9-21(22(29)10-25(24)33-15-20-7-5-6-8-23(20)30)14-31-28-13-19-11-26(2,17-28)16-27(3,12-19)18-28/h5-10,19,31H,4,11-18H2,1-3H3. The van der Waals surface area contributed by atoms with Crippen LogP contribution < -0.4 is 14.8 Å². The van der Waals surface area contributed by atoms with Crippen molar-refractivity contribution < 1.29 is 9.47 Å². The molecule has 0 radical (unpaired) electrons. The van der Waals surface area contributed by atoms with Gasteiger partial charge in [-0.2, -0.15) is 0 Å². The average Bonchev–Trinajstić information content (AvgIpc) is 2.71. The van der Waals surface area contributed by atoms with E-state index in [2.05, 4.69) is 41.2 Å². The largest absolute Gasteiger partial charge is 0.490 e. The van der Waals surface area contributed by atoms with Gasteiger partial charge in [-0.1, -0.05) is 59.6 Å². The van der Waals surface area contributed by atoms with Gasteiger partial charge in [0.15, 0.2) is 11.5 Å². The molecule has 2 aromatic rings. The van der Waals surface area contributed by atoms with E-state index in [0.29, 0.717) is 29.1 Å². The number of hydrogen-bond acceptors (Lipinski definition) is 3. The number of hydrogen-bond donors (Lipinski definition) is 1. The lowest BCUT2D eigenvalue weighted by molar-refractivity contribution is -0.118. The second kappa shape index (κ2) is 8.77. The first-order valence-corrected chi connectivity index (χ1v) is 13.4. The fourth-order valence-electron chi connectivity index (χ4n) is 7.79. The first-order chi connectivity index (χ1) is 15.7. The molecule has 0 aromatic heterocycles. The maximum atomic E-state index is 6.31. The number of rotatable bonds is 8. The highest BCUT2D eigenvalue weighted by Gasteiger charge is 2.59. The molecular weight excluding hydrogens is 498 g/mol. The van der Waals surface area contributed by atoms with Gasteiger partial charge >= 0.3 is 0 Å². The molecule has 0 aliphatic heterocycles. The summed E-state index contributed by atoms with van der Waals surface area (Å²) in [5.74, 6) is 2.41. The summed E-state index contributed by atoms with van der Waals surface area (Å²) in [6.07, 6.45) is 8.17. The molecule has 2 atom stereocenters. The molecule has 33 heavy (non-hydrogen) atoms. The number of nitrogens with one attached hydrogen (secondary N) is 1. The summed E-state index contributed by atoms with van der Waals surface area (Å²) in [4.78, 5) is 0. The average molecular weight is 533 g/mol. The van der Waals surface area contributed by atoms with Crippen molar-refractivity contribution in [2.75, 3.05) is 6.61 Å². The molecule has 0 saturated heterocycles. The first kappa shape index (κ1) is 23.5. The van der Waals surface area contributed by atoms with Gasteiger partial charge in [0.05, 0.1) is 6.61 Å². The van der Waals surface area contributed by atoms with E-state index in [1.165, 1.54) is 44.1 Å². The van der Waals surface area contributed by atoms with Crippen molar-refractivity contribution >= 4 is 27.5 Å². The second-order valence-corrected chi connectivity index (χ2v) is 12.7. The molecule has 0 heterocycles. The Hall–Kier alpha value is -1.23. The van der Waals surface area contributed by atoms with Crippen LogP contribution in [0.2, 0.25) is 5.02 Å². The van der Waals surface area contributed by atoms with Crippen LogP contribution in [0.4, 0.5) is 0 Å². The van der Waals surface area contributed by atoms with Gasteiger partial charge in [-0.05, 0) is 86.0 Å². The number of halogens is 2. The third kappa shape index (κ3) is 4.81. The molecule has 4 fully saturated rings. The summed E-state index contributed by atoms with van der Waals surface area (Å²) in [6, 6.07) is 12.0. The Kier molecular flexibility index (Phi) is 6.25. The normalized spacial score (nSPS) is 32.2. The minimum atomic E-state index is 0.271. The lowest BCUT2D eigenvalue weighted by atomic mass is 9.43. The minimum absolute atomic E-state index is 0.271. The van der Waals surface area contributed by atoms with Crippen LogP contribution in [-0.4, -0.2) is 12.1 Å². The van der Waals surface area contributed by atoms with Gasteiger partial charge in [0.2, 0.25) is 0 Å². The Morgan fingerprint density at radius 2 is 1.67 bits per heavy atom. The molecule has 0 amide bonds. The second-order valence-electron chi connectivity index (χ2n) is 11.5. The molecule has 178 valence electrons. The Morgan fingerprint density at radius 3 is 2.33 bits per heavy atom. The van der Waals surface area contributed by atoms with Crippen LogP contribution in [0.15, 0.2) is 40.9 Å². The lowest BCUT2D eigenvalue weighted by Crippen LogP contribution is -2.63. The van der Waals surface area contributed by atoms with Gasteiger partial charge in [-0.3, -0.25) is 0 Å². The Bertz CT molecular complexity index is 1020. The molecule has 4 bridgehead atoms. The van der Waals surface area contributed by atoms with Gasteiger partial charge in [0.1, 0.15) is 6.61 Å². The molecule has 6 rings (SSSR count). The van der Waals surface area contributed by atoms with E-state index >= 15 is 0 Å². The van der Waals surface area contributed by atoms with Crippen molar-refractivity contribution in [1.82, 2.24) is 5.32 Å². The number of ether oxygens (including phenoxy) is 2. The van der Waals surface area contributed by atoms with Crippen LogP contribution in [0.25, 0.3) is 0 Å². The van der Waals surface area contributed by atoms with Crippen LogP contribution in [0.5, 0.6) is 11.5 Å². The maximum Gasteiger partial charge on any atom is 0.162 e. The molecule has 5 heteroatoms. The molecule has 0 spiro atoms. The molecule has 3 nitrogen and oxygen atoms in total. The molecule has 4 aliphatic carbocycles. The Labute approximate surface area is 211 Å². The van der Waals surface area contributed by atoms with E-state index in [0.717, 1.165) is 34.0 Å². The summed E-state index contributed by atoms with van der Waals surface area (Å²) in [6.45, 7) is 8.91. The van der Waals surface area contributed by atoms with Crippen molar-refractivity contribution in [2.24, 2.45) is 16.7 Å². The zero-order valence-corrected chi connectivity index (χ0v) is 22.3. The van der Waals surface area contributed by atoms with E-state index in [9.17, 15) is 0 Å². The summed E-state index contributed by atoms with van der Waals surface area (Å²) in [5, 5.41) is 4.76. The summed E-state index contributed by atoms with van der Waals surface area (Å²) >= 11 is 10.1. The highest BCUT2D eigenvalue weighted by Crippen LogP contribution is 2.66. The van der Waals surface area contributed by atoms with Crippen LogP contribution in [0.3, 0.4) is 0 Å². The fourth-order valence-corrected chi connectivity index (χ4v) is 8.45. The zero-order chi connectivity index (χ0) is 23.3. The predicted octanol–water partition coefficient (Wildman–Crippen LogP) is 7.92. The smallest absolute Gasteiger partial charge is 0.162 e. The third-order valence-corrected chi connectivity index (χ3v) is 9.14. The van der Waals surface area contributed by atoms with Crippen molar-refractivity contribution in [3.8, 4) is 11.5 Å². The van der Waals surface area contributed by atoms with Crippen molar-refractivity contribution in [3.05, 3.63) is 57.0 Å².